The van der Waals surface area contributed by atoms with E-state index in [2.05, 4.69) is 30.9 Å². The molecule has 0 radical (unpaired) electrons. The zero-order valence-electron chi connectivity index (χ0n) is 17.1. The number of halogens is 2. The first-order chi connectivity index (χ1) is 15.0. The fourth-order valence-corrected chi connectivity index (χ4v) is 3.46. The molecular weight excluding hydrogens is 465 g/mol. The number of methoxy groups -OCH3 is 1. The molecule has 2 aromatic carbocycles. The molecular formula is C23H21BrFN3O3. The maximum atomic E-state index is 14.0. The Hall–Kier alpha value is -2.97. The van der Waals surface area contributed by atoms with Crippen molar-refractivity contribution in [3.8, 4) is 22.9 Å². The van der Waals surface area contributed by atoms with Crippen LogP contribution in [0.1, 0.15) is 12.5 Å². The number of H-pyrrole nitrogens is 1. The third kappa shape index (κ3) is 5.21. The topological polar surface area (TPSA) is 69.3 Å². The molecule has 0 aliphatic rings. The number of nitrogens with one attached hydrogen (secondary N) is 1. The number of fused-ring (bicyclic) bond motifs is 1. The van der Waals surface area contributed by atoms with Gasteiger partial charge in [0.25, 0.3) is 0 Å². The van der Waals surface area contributed by atoms with E-state index in [0.717, 1.165) is 15.6 Å². The van der Waals surface area contributed by atoms with Crippen LogP contribution in [0.3, 0.4) is 0 Å². The Morgan fingerprint density at radius 1 is 1.13 bits per heavy atom. The van der Waals surface area contributed by atoms with E-state index in [9.17, 15) is 4.39 Å². The molecule has 0 aliphatic heterocycles. The van der Waals surface area contributed by atoms with Crippen LogP contribution in [0.4, 0.5) is 4.39 Å². The predicted molar refractivity (Wildman–Crippen MR) is 120 cm³/mol. The van der Waals surface area contributed by atoms with Crippen LogP contribution in [-0.4, -0.2) is 34.8 Å². The number of aromatic amines is 1. The maximum absolute atomic E-state index is 14.0. The average molecular weight is 486 g/mol. The van der Waals surface area contributed by atoms with Crippen LogP contribution in [0.15, 0.2) is 59.2 Å². The predicted octanol–water partition coefficient (Wildman–Crippen LogP) is 5.52. The highest BCUT2D eigenvalue weighted by Gasteiger charge is 2.13. The Balaban J connectivity index is 1.67. The Labute approximate surface area is 187 Å². The van der Waals surface area contributed by atoms with Crippen molar-refractivity contribution in [2.75, 3.05) is 13.7 Å². The van der Waals surface area contributed by atoms with Gasteiger partial charge in [-0.05, 0) is 47.1 Å². The van der Waals surface area contributed by atoms with Crippen LogP contribution in [0.25, 0.3) is 22.6 Å². The Morgan fingerprint density at radius 3 is 2.74 bits per heavy atom. The summed E-state index contributed by atoms with van der Waals surface area (Å²) in [5.74, 6) is 1.45. The molecule has 0 fully saturated rings. The van der Waals surface area contributed by atoms with Crippen molar-refractivity contribution >= 4 is 27.1 Å². The molecule has 0 saturated heterocycles. The average Bonchev–Trinajstić information content (AvgIpc) is 3.16. The molecule has 0 amide bonds. The molecule has 1 atom stereocenters. The molecule has 0 aliphatic carbocycles. The number of hydrogen-bond donors (Lipinski definition) is 1. The molecule has 0 bridgehead atoms. The van der Waals surface area contributed by atoms with Gasteiger partial charge in [-0.3, -0.25) is 0 Å². The lowest BCUT2D eigenvalue weighted by molar-refractivity contribution is 0.0919. The highest BCUT2D eigenvalue weighted by molar-refractivity contribution is 9.10. The van der Waals surface area contributed by atoms with E-state index in [0.29, 0.717) is 35.1 Å². The summed E-state index contributed by atoms with van der Waals surface area (Å²) >= 11 is 3.41. The first-order valence-corrected chi connectivity index (χ1v) is 10.5. The minimum absolute atomic E-state index is 0.0951. The van der Waals surface area contributed by atoms with Gasteiger partial charge in [-0.2, -0.15) is 0 Å². The summed E-state index contributed by atoms with van der Waals surface area (Å²) in [7, 11) is 1.62. The molecule has 2 heterocycles. The normalized spacial score (nSPS) is 12.1. The summed E-state index contributed by atoms with van der Waals surface area (Å²) in [4.78, 5) is 12.2. The monoisotopic (exact) mass is 485 g/mol. The molecule has 4 aromatic rings. The lowest BCUT2D eigenvalue weighted by Gasteiger charge is -2.16. The molecule has 6 nitrogen and oxygen atoms in total. The van der Waals surface area contributed by atoms with Crippen molar-refractivity contribution < 1.29 is 18.6 Å². The molecule has 31 heavy (non-hydrogen) atoms. The van der Waals surface area contributed by atoms with Crippen molar-refractivity contribution in [1.82, 2.24) is 15.0 Å². The van der Waals surface area contributed by atoms with E-state index in [-0.39, 0.29) is 18.5 Å². The van der Waals surface area contributed by atoms with E-state index in [1.165, 1.54) is 6.07 Å². The Bertz CT molecular complexity index is 1200. The number of rotatable bonds is 8. The maximum Gasteiger partial charge on any atom is 0.157 e. The van der Waals surface area contributed by atoms with Crippen LogP contribution in [0, 0.1) is 5.82 Å². The van der Waals surface area contributed by atoms with Gasteiger partial charge in [0.05, 0.1) is 6.61 Å². The summed E-state index contributed by atoms with van der Waals surface area (Å²) in [5, 5.41) is 0. The first-order valence-electron chi connectivity index (χ1n) is 9.70. The summed E-state index contributed by atoms with van der Waals surface area (Å²) in [6, 6.07) is 13.9. The summed E-state index contributed by atoms with van der Waals surface area (Å²) in [6.45, 7) is 2.45. The fourth-order valence-electron chi connectivity index (χ4n) is 3.14. The molecule has 4 rings (SSSR count). The standard InChI is InChI=1S/C23H21BrFN3O3/c1-14(12-29-2)31-19-8-16(22-27-21-9-17(24)11-26-23(21)28-22)7-18(10-19)30-13-15-5-3-4-6-20(15)25/h3-11,14H,12-13H2,1-2H3,(H,26,27,28)/t14-/m1/s1. The molecule has 0 saturated carbocycles. The second-order valence-electron chi connectivity index (χ2n) is 7.06. The lowest BCUT2D eigenvalue weighted by Crippen LogP contribution is -2.18. The number of aromatic nitrogens is 3. The van der Waals surface area contributed by atoms with Crippen LogP contribution >= 0.6 is 15.9 Å². The third-order valence-electron chi connectivity index (χ3n) is 4.55. The van der Waals surface area contributed by atoms with E-state index in [1.807, 2.05) is 25.1 Å². The second kappa shape index (κ2) is 9.45. The van der Waals surface area contributed by atoms with Crippen molar-refractivity contribution in [3.63, 3.8) is 0 Å². The number of benzene rings is 2. The quantitative estimate of drug-likeness (QED) is 0.355. The first kappa shape index (κ1) is 21.3. The molecule has 8 heteroatoms. The Morgan fingerprint density at radius 2 is 1.94 bits per heavy atom. The molecule has 0 spiro atoms. The van der Waals surface area contributed by atoms with Crippen molar-refractivity contribution in [3.05, 3.63) is 70.6 Å². The van der Waals surface area contributed by atoms with Gasteiger partial charge in [0.15, 0.2) is 5.65 Å². The van der Waals surface area contributed by atoms with Crippen LogP contribution in [0.5, 0.6) is 11.5 Å². The minimum Gasteiger partial charge on any atom is -0.489 e. The summed E-state index contributed by atoms with van der Waals surface area (Å²) in [5.41, 5.74) is 2.64. The van der Waals surface area contributed by atoms with Crippen molar-refractivity contribution in [1.29, 1.82) is 0 Å². The molecule has 160 valence electrons. The largest absolute Gasteiger partial charge is 0.489 e. The summed E-state index contributed by atoms with van der Waals surface area (Å²) < 4.78 is 31.9. The second-order valence-corrected chi connectivity index (χ2v) is 7.98. The van der Waals surface area contributed by atoms with Crippen LogP contribution in [0.2, 0.25) is 0 Å². The number of pyridine rings is 1. The van der Waals surface area contributed by atoms with Gasteiger partial charge in [-0.25, -0.2) is 14.4 Å². The van der Waals surface area contributed by atoms with E-state index in [1.54, 1.807) is 37.6 Å². The number of nitrogens with zero attached hydrogens (tertiary/aromatic N) is 2. The van der Waals surface area contributed by atoms with Crippen LogP contribution < -0.4 is 9.47 Å². The third-order valence-corrected chi connectivity index (χ3v) is 4.98. The SMILES string of the molecule is COC[C@@H](C)Oc1cc(OCc2ccccc2F)cc(-c2nc3cc(Br)cnc3[nH]2)c1. The van der Waals surface area contributed by atoms with E-state index < -0.39 is 0 Å². The smallest absolute Gasteiger partial charge is 0.157 e. The highest BCUT2D eigenvalue weighted by Crippen LogP contribution is 2.31. The molecule has 0 unspecified atom stereocenters. The van der Waals surface area contributed by atoms with Gasteiger partial charge in [0.2, 0.25) is 0 Å². The zero-order valence-corrected chi connectivity index (χ0v) is 18.6. The number of hydrogen-bond acceptors (Lipinski definition) is 5. The summed E-state index contributed by atoms with van der Waals surface area (Å²) in [6.07, 6.45) is 1.55. The van der Waals surface area contributed by atoms with Gasteiger partial charge in [-0.15, -0.1) is 0 Å². The highest BCUT2D eigenvalue weighted by atomic mass is 79.9. The van der Waals surface area contributed by atoms with Gasteiger partial charge >= 0.3 is 0 Å². The minimum atomic E-state index is -0.308. The Kier molecular flexibility index (Phi) is 6.48. The van der Waals surface area contributed by atoms with Gasteiger partial charge in [0.1, 0.15) is 41.4 Å². The zero-order chi connectivity index (χ0) is 21.8. The lowest BCUT2D eigenvalue weighted by atomic mass is 10.2. The number of imidazole rings is 1. The van der Waals surface area contributed by atoms with Crippen molar-refractivity contribution in [2.45, 2.75) is 19.6 Å². The molecule has 2 aromatic heterocycles. The van der Waals surface area contributed by atoms with E-state index in [4.69, 9.17) is 14.2 Å². The fraction of sp³-hybridized carbons (Fsp3) is 0.217. The van der Waals surface area contributed by atoms with Gasteiger partial charge in [0, 0.05) is 35.0 Å². The van der Waals surface area contributed by atoms with Gasteiger partial charge in [-0.1, -0.05) is 18.2 Å². The number of ether oxygens (including phenoxy) is 3. The van der Waals surface area contributed by atoms with Gasteiger partial charge < -0.3 is 19.2 Å². The van der Waals surface area contributed by atoms with Crippen molar-refractivity contribution in [2.24, 2.45) is 0 Å². The molecule has 1 N–H and O–H groups in total. The van der Waals surface area contributed by atoms with Crippen LogP contribution in [-0.2, 0) is 11.3 Å². The van der Waals surface area contributed by atoms with E-state index >= 15 is 0 Å².